The first-order valence-corrected chi connectivity index (χ1v) is 11.9. The van der Waals surface area contributed by atoms with E-state index in [-0.39, 0.29) is 48.4 Å². The standard InChI is InChI=1S/C29H35N2O4.2ClH/c1-22(2)27(28(32)34-20-24-10-6-4-7-11-24)31(3,19-18-23-14-16-26(30)17-15-23)29(33)35-21-25-12-8-5-9-13-25;;/h4-17,22,27H,18-21,30H2,1-3H3;2*1H/q+1;;/t27-,31?;;/m0../s1. The third-order valence-corrected chi connectivity index (χ3v) is 6.18. The highest BCUT2D eigenvalue weighted by atomic mass is 35.5. The number of amides is 1. The largest absolute Gasteiger partial charge is 0.516 e. The van der Waals surface area contributed by atoms with Gasteiger partial charge in [-0.2, -0.15) is 4.79 Å². The van der Waals surface area contributed by atoms with Gasteiger partial charge in [-0.25, -0.2) is 9.28 Å². The fraction of sp³-hybridized carbons (Fsp3) is 0.310. The number of hydrogen-bond acceptors (Lipinski definition) is 5. The molecule has 0 aromatic heterocycles. The maximum Gasteiger partial charge on any atom is 0.516 e. The fourth-order valence-electron chi connectivity index (χ4n) is 4.23. The molecule has 37 heavy (non-hydrogen) atoms. The Morgan fingerprint density at radius 1 is 0.757 bits per heavy atom. The molecular formula is C29H37Cl2N2O4+. The van der Waals surface area contributed by atoms with E-state index in [9.17, 15) is 9.59 Å². The van der Waals surface area contributed by atoms with E-state index in [4.69, 9.17) is 15.2 Å². The maximum atomic E-state index is 13.6. The van der Waals surface area contributed by atoms with Crippen LogP contribution in [0, 0.1) is 5.92 Å². The van der Waals surface area contributed by atoms with Crippen LogP contribution in [-0.4, -0.2) is 36.2 Å². The average Bonchev–Trinajstić information content (AvgIpc) is 2.86. The van der Waals surface area contributed by atoms with Crippen LogP contribution in [0.2, 0.25) is 0 Å². The Bertz CT molecular complexity index is 1100. The number of ether oxygens (including phenoxy) is 2. The van der Waals surface area contributed by atoms with Crippen molar-refractivity contribution in [3.63, 3.8) is 0 Å². The number of carbonyl (C=O) groups is 2. The van der Waals surface area contributed by atoms with Gasteiger partial charge in [-0.3, -0.25) is 0 Å². The molecule has 3 rings (SSSR count). The predicted molar refractivity (Wildman–Crippen MR) is 152 cm³/mol. The molecule has 200 valence electrons. The minimum absolute atomic E-state index is 0. The van der Waals surface area contributed by atoms with Crippen LogP contribution in [0.25, 0.3) is 0 Å². The van der Waals surface area contributed by atoms with Crippen LogP contribution >= 0.6 is 24.8 Å². The maximum absolute atomic E-state index is 13.6. The third kappa shape index (κ3) is 9.08. The molecule has 0 aliphatic rings. The molecule has 1 unspecified atom stereocenters. The van der Waals surface area contributed by atoms with Crippen LogP contribution in [0.3, 0.4) is 0 Å². The van der Waals surface area contributed by atoms with E-state index in [1.54, 1.807) is 7.05 Å². The molecule has 3 aromatic rings. The Labute approximate surface area is 232 Å². The van der Waals surface area contributed by atoms with Crippen molar-refractivity contribution in [3.05, 3.63) is 102 Å². The number of benzene rings is 3. The van der Waals surface area contributed by atoms with Crippen LogP contribution in [0.4, 0.5) is 10.5 Å². The van der Waals surface area contributed by atoms with Gasteiger partial charge in [0.05, 0.1) is 13.6 Å². The quantitative estimate of drug-likeness (QED) is 0.185. The number of halogens is 2. The number of rotatable bonds is 10. The van der Waals surface area contributed by atoms with Gasteiger partial charge >= 0.3 is 12.1 Å². The van der Waals surface area contributed by atoms with Gasteiger partial charge < -0.3 is 15.2 Å². The normalized spacial score (nSPS) is 12.9. The summed E-state index contributed by atoms with van der Waals surface area (Å²) >= 11 is 0. The number of likely N-dealkylation sites (N-methyl/N-ethyl adjacent to an activating group) is 1. The van der Waals surface area contributed by atoms with Crippen molar-refractivity contribution in [1.82, 2.24) is 0 Å². The van der Waals surface area contributed by atoms with Crippen LogP contribution in [0.1, 0.15) is 30.5 Å². The topological polar surface area (TPSA) is 78.6 Å². The molecule has 2 atom stereocenters. The van der Waals surface area contributed by atoms with Gasteiger partial charge in [0.1, 0.15) is 13.2 Å². The number of hydrogen-bond donors (Lipinski definition) is 1. The van der Waals surface area contributed by atoms with Crippen LogP contribution in [0.15, 0.2) is 84.9 Å². The zero-order valence-corrected chi connectivity index (χ0v) is 23.2. The lowest BCUT2D eigenvalue weighted by atomic mass is 9.99. The van der Waals surface area contributed by atoms with Crippen LogP contribution in [0.5, 0.6) is 0 Å². The second-order valence-corrected chi connectivity index (χ2v) is 9.31. The molecule has 3 aromatic carbocycles. The van der Waals surface area contributed by atoms with Crippen molar-refractivity contribution >= 4 is 42.6 Å². The summed E-state index contributed by atoms with van der Waals surface area (Å²) < 4.78 is 11.2. The summed E-state index contributed by atoms with van der Waals surface area (Å²) in [5.74, 6) is -0.570. The highest BCUT2D eigenvalue weighted by Crippen LogP contribution is 2.24. The fourth-order valence-corrected chi connectivity index (χ4v) is 4.23. The summed E-state index contributed by atoms with van der Waals surface area (Å²) in [6.45, 7) is 4.53. The smallest absolute Gasteiger partial charge is 0.456 e. The number of esters is 1. The van der Waals surface area contributed by atoms with Crippen molar-refractivity contribution in [3.8, 4) is 0 Å². The molecule has 0 aliphatic heterocycles. The lowest BCUT2D eigenvalue weighted by Gasteiger charge is -2.38. The van der Waals surface area contributed by atoms with E-state index in [0.29, 0.717) is 18.7 Å². The van der Waals surface area contributed by atoms with E-state index in [1.807, 2.05) is 98.8 Å². The van der Waals surface area contributed by atoms with E-state index >= 15 is 0 Å². The van der Waals surface area contributed by atoms with Crippen molar-refractivity contribution in [1.29, 1.82) is 0 Å². The lowest BCUT2D eigenvalue weighted by molar-refractivity contribution is -0.858. The molecule has 0 spiro atoms. The Morgan fingerprint density at radius 3 is 1.73 bits per heavy atom. The predicted octanol–water partition coefficient (Wildman–Crippen LogP) is 6.21. The molecule has 2 N–H and O–H groups in total. The monoisotopic (exact) mass is 547 g/mol. The number of quaternary nitrogens is 1. The van der Waals surface area contributed by atoms with E-state index in [0.717, 1.165) is 16.7 Å². The van der Waals surface area contributed by atoms with Crippen LogP contribution < -0.4 is 5.73 Å². The van der Waals surface area contributed by atoms with E-state index in [1.165, 1.54) is 0 Å². The van der Waals surface area contributed by atoms with Crippen molar-refractivity contribution < 1.29 is 23.5 Å². The Balaban J connectivity index is 0.00000342. The average molecular weight is 549 g/mol. The molecule has 0 heterocycles. The zero-order valence-electron chi connectivity index (χ0n) is 21.5. The first-order valence-electron chi connectivity index (χ1n) is 11.9. The van der Waals surface area contributed by atoms with Crippen molar-refractivity contribution in [2.45, 2.75) is 39.5 Å². The first-order chi connectivity index (χ1) is 16.8. The third-order valence-electron chi connectivity index (χ3n) is 6.18. The summed E-state index contributed by atoms with van der Waals surface area (Å²) in [6, 6.07) is 25.9. The van der Waals surface area contributed by atoms with Gasteiger partial charge in [-0.05, 0) is 28.8 Å². The highest BCUT2D eigenvalue weighted by Gasteiger charge is 2.49. The van der Waals surface area contributed by atoms with Gasteiger partial charge in [0.25, 0.3) is 0 Å². The van der Waals surface area contributed by atoms with Crippen molar-refractivity contribution in [2.24, 2.45) is 5.92 Å². The second-order valence-electron chi connectivity index (χ2n) is 9.31. The second kappa shape index (κ2) is 15.3. The summed E-state index contributed by atoms with van der Waals surface area (Å²) in [7, 11) is 1.76. The molecule has 0 saturated heterocycles. The summed E-state index contributed by atoms with van der Waals surface area (Å²) in [5.41, 5.74) is 9.31. The molecule has 0 bridgehead atoms. The molecule has 6 nitrogen and oxygen atoms in total. The minimum atomic E-state index is -0.726. The van der Waals surface area contributed by atoms with Gasteiger partial charge in [0.2, 0.25) is 0 Å². The number of anilines is 1. The summed E-state index contributed by atoms with van der Waals surface area (Å²) in [4.78, 5) is 26.9. The van der Waals surface area contributed by atoms with Crippen molar-refractivity contribution in [2.75, 3.05) is 19.3 Å². The summed E-state index contributed by atoms with van der Waals surface area (Å²) in [5, 5.41) is 0. The Hall–Kier alpha value is -3.06. The summed E-state index contributed by atoms with van der Waals surface area (Å²) in [6.07, 6.45) is 0.117. The van der Waals surface area contributed by atoms with Gasteiger partial charge in [0.15, 0.2) is 6.04 Å². The molecule has 0 aliphatic carbocycles. The van der Waals surface area contributed by atoms with Gasteiger partial charge in [0, 0.05) is 18.0 Å². The molecule has 0 radical (unpaired) electrons. The van der Waals surface area contributed by atoms with E-state index < -0.39 is 18.1 Å². The SMILES string of the molecule is CC(C)[C@@H](C(=O)OCc1ccccc1)[N+](C)(CCc1ccc(N)cc1)C(=O)OCc1ccccc1.Cl.Cl. The molecular weight excluding hydrogens is 511 g/mol. The van der Waals surface area contributed by atoms with Crippen LogP contribution in [-0.2, 0) is 33.9 Å². The molecule has 0 fully saturated rings. The number of nitrogens with two attached hydrogens (primary N) is 1. The molecule has 0 saturated carbocycles. The minimum Gasteiger partial charge on any atom is -0.456 e. The number of carbonyl (C=O) groups excluding carboxylic acids is 2. The Morgan fingerprint density at radius 2 is 1.24 bits per heavy atom. The first kappa shape index (κ1) is 32.0. The highest BCUT2D eigenvalue weighted by molar-refractivity contribution is 5.85. The number of nitrogen functional groups attached to an aromatic ring is 1. The lowest BCUT2D eigenvalue weighted by Crippen LogP contribution is -2.62. The zero-order chi connectivity index (χ0) is 25.3. The van der Waals surface area contributed by atoms with E-state index in [2.05, 4.69) is 0 Å². The van der Waals surface area contributed by atoms with Gasteiger partial charge in [-0.15, -0.1) is 24.8 Å². The molecule has 1 amide bonds. The number of nitrogens with zero attached hydrogens (tertiary/aromatic N) is 1. The Kier molecular flexibility index (Phi) is 13.2. The van der Waals surface area contributed by atoms with Gasteiger partial charge in [-0.1, -0.05) is 86.6 Å². The molecule has 8 heteroatoms.